The van der Waals surface area contributed by atoms with Crippen LogP contribution in [0, 0.1) is 0 Å². The van der Waals surface area contributed by atoms with Gasteiger partial charge in [0.15, 0.2) is 5.69 Å². The summed E-state index contributed by atoms with van der Waals surface area (Å²) >= 11 is 11.8. The standard InChI is InChI=1S/C19H16Cl2N4O3/c1-2-25-19(28)13-6-4-3-5-12(13)17(24-25)18(27)23-22-16(26)10-11-7-8-14(20)15(21)9-11/h3-9H,2,10H2,1H3,(H,22,26)(H,23,27). The maximum Gasteiger partial charge on any atom is 0.290 e. The zero-order chi connectivity index (χ0) is 20.3. The number of aromatic nitrogens is 2. The Morgan fingerprint density at radius 3 is 2.43 bits per heavy atom. The number of carbonyl (C=O) groups is 2. The minimum atomic E-state index is -0.624. The third kappa shape index (κ3) is 4.16. The molecule has 0 spiro atoms. The van der Waals surface area contributed by atoms with Crippen LogP contribution in [0.25, 0.3) is 10.8 Å². The lowest BCUT2D eigenvalue weighted by atomic mass is 10.1. The van der Waals surface area contributed by atoms with E-state index in [1.807, 2.05) is 0 Å². The number of aryl methyl sites for hydroxylation is 1. The maximum atomic E-state index is 12.6. The summed E-state index contributed by atoms with van der Waals surface area (Å²) in [5.41, 5.74) is 5.08. The summed E-state index contributed by atoms with van der Waals surface area (Å²) in [6.07, 6.45) is -0.000195. The van der Waals surface area contributed by atoms with Crippen LogP contribution in [-0.2, 0) is 17.8 Å². The smallest absolute Gasteiger partial charge is 0.273 e. The molecular weight excluding hydrogens is 403 g/mol. The Hall–Kier alpha value is -2.90. The molecular formula is C19H16Cl2N4O3. The zero-order valence-corrected chi connectivity index (χ0v) is 16.3. The van der Waals surface area contributed by atoms with Crippen LogP contribution in [0.2, 0.25) is 10.0 Å². The summed E-state index contributed by atoms with van der Waals surface area (Å²) in [4.78, 5) is 37.0. The van der Waals surface area contributed by atoms with Gasteiger partial charge < -0.3 is 0 Å². The number of hydrogen-bond acceptors (Lipinski definition) is 4. The van der Waals surface area contributed by atoms with Crippen molar-refractivity contribution in [3.8, 4) is 0 Å². The molecule has 2 N–H and O–H groups in total. The first-order valence-electron chi connectivity index (χ1n) is 8.43. The van der Waals surface area contributed by atoms with Crippen LogP contribution in [0.1, 0.15) is 23.0 Å². The van der Waals surface area contributed by atoms with Gasteiger partial charge in [0.2, 0.25) is 5.91 Å². The van der Waals surface area contributed by atoms with Crippen molar-refractivity contribution in [1.82, 2.24) is 20.6 Å². The summed E-state index contributed by atoms with van der Waals surface area (Å²) in [7, 11) is 0. The van der Waals surface area contributed by atoms with Crippen molar-refractivity contribution in [2.75, 3.05) is 0 Å². The summed E-state index contributed by atoms with van der Waals surface area (Å²) < 4.78 is 1.20. The van der Waals surface area contributed by atoms with Crippen molar-refractivity contribution in [2.45, 2.75) is 19.9 Å². The number of nitrogens with one attached hydrogen (secondary N) is 2. The molecule has 144 valence electrons. The van der Waals surface area contributed by atoms with Gasteiger partial charge in [-0.05, 0) is 30.7 Å². The highest BCUT2D eigenvalue weighted by Crippen LogP contribution is 2.22. The number of benzene rings is 2. The van der Waals surface area contributed by atoms with Crippen LogP contribution >= 0.6 is 23.2 Å². The van der Waals surface area contributed by atoms with Gasteiger partial charge in [-0.2, -0.15) is 5.10 Å². The van der Waals surface area contributed by atoms with Crippen molar-refractivity contribution in [3.05, 3.63) is 74.1 Å². The van der Waals surface area contributed by atoms with E-state index in [0.717, 1.165) is 0 Å². The fourth-order valence-electron chi connectivity index (χ4n) is 2.68. The molecule has 0 saturated heterocycles. The Morgan fingerprint density at radius 2 is 1.75 bits per heavy atom. The van der Waals surface area contributed by atoms with Gasteiger partial charge in [-0.15, -0.1) is 0 Å². The van der Waals surface area contributed by atoms with Gasteiger partial charge >= 0.3 is 0 Å². The highest BCUT2D eigenvalue weighted by molar-refractivity contribution is 6.42. The van der Waals surface area contributed by atoms with Crippen molar-refractivity contribution < 1.29 is 9.59 Å². The second kappa shape index (κ2) is 8.41. The predicted molar refractivity (Wildman–Crippen MR) is 107 cm³/mol. The Labute approximate surface area is 170 Å². The summed E-state index contributed by atoms with van der Waals surface area (Å²) in [6, 6.07) is 11.5. The first-order chi connectivity index (χ1) is 13.4. The van der Waals surface area contributed by atoms with E-state index in [2.05, 4.69) is 16.0 Å². The average molecular weight is 419 g/mol. The molecule has 9 heteroatoms. The van der Waals surface area contributed by atoms with Gasteiger partial charge in [0.05, 0.1) is 21.9 Å². The van der Waals surface area contributed by atoms with Crippen molar-refractivity contribution in [3.63, 3.8) is 0 Å². The van der Waals surface area contributed by atoms with E-state index in [1.165, 1.54) is 4.68 Å². The topological polar surface area (TPSA) is 93.1 Å². The Morgan fingerprint density at radius 1 is 1.04 bits per heavy atom. The zero-order valence-electron chi connectivity index (χ0n) is 14.8. The molecule has 0 atom stereocenters. The molecule has 0 bridgehead atoms. The molecule has 2 amide bonds. The van der Waals surface area contributed by atoms with Crippen molar-refractivity contribution in [1.29, 1.82) is 0 Å². The monoisotopic (exact) mass is 418 g/mol. The number of fused-ring (bicyclic) bond motifs is 1. The molecule has 0 saturated carbocycles. The molecule has 0 unspecified atom stereocenters. The molecule has 7 nitrogen and oxygen atoms in total. The van der Waals surface area contributed by atoms with Crippen LogP contribution in [0.4, 0.5) is 0 Å². The second-order valence-electron chi connectivity index (χ2n) is 5.94. The molecule has 1 aromatic heterocycles. The summed E-state index contributed by atoms with van der Waals surface area (Å²) in [6.45, 7) is 2.07. The lowest BCUT2D eigenvalue weighted by Gasteiger charge is -2.11. The predicted octanol–water partition coefficient (Wildman–Crippen LogP) is 2.73. The Balaban J connectivity index is 1.76. The lowest BCUT2D eigenvalue weighted by molar-refractivity contribution is -0.121. The quantitative estimate of drug-likeness (QED) is 0.636. The highest BCUT2D eigenvalue weighted by Gasteiger charge is 2.17. The SMILES string of the molecule is CCn1nc(C(=O)NNC(=O)Cc2ccc(Cl)c(Cl)c2)c2ccccc2c1=O. The van der Waals surface area contributed by atoms with E-state index in [0.29, 0.717) is 32.9 Å². The minimum Gasteiger partial charge on any atom is -0.273 e. The van der Waals surface area contributed by atoms with Crippen LogP contribution in [0.3, 0.4) is 0 Å². The van der Waals surface area contributed by atoms with Gasteiger partial charge in [-0.1, -0.05) is 47.5 Å². The van der Waals surface area contributed by atoms with E-state index < -0.39 is 11.8 Å². The average Bonchev–Trinajstić information content (AvgIpc) is 2.69. The molecule has 28 heavy (non-hydrogen) atoms. The first-order valence-corrected chi connectivity index (χ1v) is 9.19. The third-order valence-corrected chi connectivity index (χ3v) is 4.79. The minimum absolute atomic E-state index is 0.000195. The maximum absolute atomic E-state index is 12.6. The van der Waals surface area contributed by atoms with Crippen molar-refractivity contribution in [2.24, 2.45) is 0 Å². The van der Waals surface area contributed by atoms with Gasteiger partial charge in [0.1, 0.15) is 0 Å². The van der Waals surface area contributed by atoms with Gasteiger partial charge in [0, 0.05) is 11.9 Å². The van der Waals surface area contributed by atoms with Gasteiger partial charge in [-0.3, -0.25) is 25.2 Å². The molecule has 0 aliphatic heterocycles. The number of rotatable bonds is 4. The van der Waals surface area contributed by atoms with E-state index in [-0.39, 0.29) is 17.7 Å². The molecule has 3 rings (SSSR count). The van der Waals surface area contributed by atoms with E-state index in [4.69, 9.17) is 23.2 Å². The van der Waals surface area contributed by atoms with Crippen molar-refractivity contribution >= 4 is 45.8 Å². The number of carbonyl (C=O) groups excluding carboxylic acids is 2. The largest absolute Gasteiger partial charge is 0.290 e. The summed E-state index contributed by atoms with van der Waals surface area (Å²) in [5, 5.41) is 5.64. The normalized spacial score (nSPS) is 10.7. The number of hydrogen-bond donors (Lipinski definition) is 2. The third-order valence-electron chi connectivity index (χ3n) is 4.05. The number of nitrogens with zero attached hydrogens (tertiary/aromatic N) is 2. The second-order valence-corrected chi connectivity index (χ2v) is 6.76. The highest BCUT2D eigenvalue weighted by atomic mass is 35.5. The van der Waals surface area contributed by atoms with E-state index in [9.17, 15) is 14.4 Å². The van der Waals surface area contributed by atoms with Gasteiger partial charge in [0.25, 0.3) is 11.5 Å². The molecule has 2 aromatic carbocycles. The molecule has 0 aliphatic rings. The Kier molecular flexibility index (Phi) is 5.96. The number of halogens is 2. The van der Waals surface area contributed by atoms with Gasteiger partial charge in [-0.25, -0.2) is 4.68 Å². The fourth-order valence-corrected chi connectivity index (χ4v) is 3.00. The molecule has 3 aromatic rings. The molecule has 1 heterocycles. The van der Waals surface area contributed by atoms with Crippen LogP contribution < -0.4 is 16.4 Å². The molecule has 0 radical (unpaired) electrons. The van der Waals surface area contributed by atoms with Crippen LogP contribution in [0.5, 0.6) is 0 Å². The molecule has 0 aliphatic carbocycles. The van der Waals surface area contributed by atoms with E-state index >= 15 is 0 Å². The number of hydrazine groups is 1. The lowest BCUT2D eigenvalue weighted by Crippen LogP contribution is -2.43. The number of amides is 2. The fraction of sp³-hybridized carbons (Fsp3) is 0.158. The Bertz CT molecular complexity index is 1130. The van der Waals surface area contributed by atoms with Crippen LogP contribution in [-0.4, -0.2) is 21.6 Å². The summed E-state index contributed by atoms with van der Waals surface area (Å²) in [5.74, 6) is -1.07. The first kappa shape index (κ1) is 19.9. The van der Waals surface area contributed by atoms with E-state index in [1.54, 1.807) is 49.4 Å². The van der Waals surface area contributed by atoms with Crippen LogP contribution in [0.15, 0.2) is 47.3 Å². The molecule has 0 fully saturated rings.